The van der Waals surface area contributed by atoms with E-state index >= 15 is 0 Å². The summed E-state index contributed by atoms with van der Waals surface area (Å²) in [6.07, 6.45) is 3.12. The number of carbonyl (C=O) groups excluding carboxylic acids is 1. The predicted octanol–water partition coefficient (Wildman–Crippen LogP) is 1.88. The van der Waals surface area contributed by atoms with Crippen molar-refractivity contribution in [1.82, 2.24) is 10.6 Å². The second-order valence-electron chi connectivity index (χ2n) is 4.87. The van der Waals surface area contributed by atoms with Crippen LogP contribution in [0.4, 0.5) is 4.79 Å². The maximum absolute atomic E-state index is 11.6. The minimum atomic E-state index is -1.09. The van der Waals surface area contributed by atoms with Crippen molar-refractivity contribution < 1.29 is 19.8 Å². The minimum absolute atomic E-state index is 0.118. The number of urea groups is 1. The molecule has 0 aromatic heterocycles. The van der Waals surface area contributed by atoms with E-state index in [4.69, 9.17) is 5.11 Å². The van der Waals surface area contributed by atoms with Crippen molar-refractivity contribution in [3.8, 4) is 5.75 Å². The van der Waals surface area contributed by atoms with Gasteiger partial charge in [-0.05, 0) is 24.1 Å². The van der Waals surface area contributed by atoms with Gasteiger partial charge in [0.2, 0.25) is 0 Å². The highest BCUT2D eigenvalue weighted by Gasteiger charge is 2.20. The Morgan fingerprint density at radius 3 is 2.43 bits per heavy atom. The SMILES string of the molecule is CCCCCNC(=O)N[C@H](Cc1ccc(O)cc1)C(=O)O. The molecule has 0 aliphatic carbocycles. The maximum Gasteiger partial charge on any atom is 0.326 e. The van der Waals surface area contributed by atoms with Gasteiger partial charge in [0, 0.05) is 13.0 Å². The lowest BCUT2D eigenvalue weighted by atomic mass is 10.1. The maximum atomic E-state index is 11.6. The predicted molar refractivity (Wildman–Crippen MR) is 79.3 cm³/mol. The molecular formula is C15H22N2O4. The normalized spacial score (nSPS) is 11.7. The summed E-state index contributed by atoms with van der Waals surface area (Å²) in [6.45, 7) is 2.60. The molecule has 0 fully saturated rings. The minimum Gasteiger partial charge on any atom is -0.508 e. The molecule has 0 saturated carbocycles. The van der Waals surface area contributed by atoms with Crippen LogP contribution in [0.25, 0.3) is 0 Å². The van der Waals surface area contributed by atoms with Crippen molar-refractivity contribution in [2.24, 2.45) is 0 Å². The molecule has 2 amide bonds. The van der Waals surface area contributed by atoms with Crippen LogP contribution in [0.5, 0.6) is 5.75 Å². The second-order valence-corrected chi connectivity index (χ2v) is 4.87. The van der Waals surface area contributed by atoms with E-state index < -0.39 is 18.0 Å². The topological polar surface area (TPSA) is 98.7 Å². The number of carboxylic acid groups (broad SMARTS) is 1. The number of carbonyl (C=O) groups is 2. The average Bonchev–Trinajstić information content (AvgIpc) is 2.45. The van der Waals surface area contributed by atoms with Gasteiger partial charge in [0.1, 0.15) is 11.8 Å². The Morgan fingerprint density at radius 1 is 1.19 bits per heavy atom. The number of amides is 2. The molecule has 1 aromatic carbocycles. The van der Waals surface area contributed by atoms with Gasteiger partial charge in [0.15, 0.2) is 0 Å². The van der Waals surface area contributed by atoms with Crippen molar-refractivity contribution in [3.63, 3.8) is 0 Å². The Kier molecular flexibility index (Phi) is 7.08. The van der Waals surface area contributed by atoms with Gasteiger partial charge in [-0.2, -0.15) is 0 Å². The molecule has 6 heteroatoms. The molecule has 0 aliphatic rings. The van der Waals surface area contributed by atoms with Crippen LogP contribution in [0.15, 0.2) is 24.3 Å². The molecule has 1 atom stereocenters. The number of benzene rings is 1. The first-order valence-electron chi connectivity index (χ1n) is 7.08. The molecule has 0 unspecified atom stereocenters. The lowest BCUT2D eigenvalue weighted by Crippen LogP contribution is -2.47. The third kappa shape index (κ3) is 6.65. The molecule has 1 rings (SSSR count). The summed E-state index contributed by atoms with van der Waals surface area (Å²) in [5.74, 6) is -0.973. The standard InChI is InChI=1S/C15H22N2O4/c1-2-3-4-9-16-15(21)17-13(14(19)20)10-11-5-7-12(18)8-6-11/h5-8,13,18H,2-4,9-10H2,1H3,(H,19,20)(H2,16,17,21)/t13-/m1/s1. The summed E-state index contributed by atoms with van der Waals surface area (Å²) < 4.78 is 0. The first-order chi connectivity index (χ1) is 10.0. The molecule has 6 nitrogen and oxygen atoms in total. The lowest BCUT2D eigenvalue weighted by molar-refractivity contribution is -0.139. The molecule has 0 radical (unpaired) electrons. The van der Waals surface area contributed by atoms with Crippen LogP contribution < -0.4 is 10.6 Å². The largest absolute Gasteiger partial charge is 0.508 e. The molecular weight excluding hydrogens is 272 g/mol. The van der Waals surface area contributed by atoms with Gasteiger partial charge in [-0.3, -0.25) is 0 Å². The zero-order chi connectivity index (χ0) is 15.7. The number of aliphatic carboxylic acids is 1. The summed E-state index contributed by atoms with van der Waals surface area (Å²) in [6, 6.07) is 4.76. The molecule has 116 valence electrons. The Morgan fingerprint density at radius 2 is 1.86 bits per heavy atom. The molecule has 21 heavy (non-hydrogen) atoms. The van der Waals surface area contributed by atoms with Crippen LogP contribution in [-0.4, -0.2) is 34.8 Å². The van der Waals surface area contributed by atoms with Crippen molar-refractivity contribution in [3.05, 3.63) is 29.8 Å². The second kappa shape index (κ2) is 8.84. The third-order valence-corrected chi connectivity index (χ3v) is 3.05. The Labute approximate surface area is 124 Å². The first-order valence-corrected chi connectivity index (χ1v) is 7.08. The highest BCUT2D eigenvalue weighted by atomic mass is 16.4. The summed E-state index contributed by atoms with van der Waals surface area (Å²) >= 11 is 0. The number of phenolic OH excluding ortho intramolecular Hbond substituents is 1. The quantitative estimate of drug-likeness (QED) is 0.550. The number of rotatable bonds is 8. The first kappa shape index (κ1) is 16.8. The molecule has 1 aromatic rings. The van der Waals surface area contributed by atoms with E-state index in [1.165, 1.54) is 12.1 Å². The Hall–Kier alpha value is -2.24. The van der Waals surface area contributed by atoms with E-state index in [9.17, 15) is 14.7 Å². The van der Waals surface area contributed by atoms with Crippen molar-refractivity contribution in [2.45, 2.75) is 38.6 Å². The van der Waals surface area contributed by atoms with Crippen LogP contribution in [-0.2, 0) is 11.2 Å². The van der Waals surface area contributed by atoms with Crippen LogP contribution in [0.1, 0.15) is 31.7 Å². The van der Waals surface area contributed by atoms with E-state index in [2.05, 4.69) is 17.6 Å². The number of aromatic hydroxyl groups is 1. The van der Waals surface area contributed by atoms with Crippen LogP contribution >= 0.6 is 0 Å². The van der Waals surface area contributed by atoms with Gasteiger partial charge < -0.3 is 20.8 Å². The van der Waals surface area contributed by atoms with E-state index in [0.717, 1.165) is 24.8 Å². The Bertz CT molecular complexity index is 459. The van der Waals surface area contributed by atoms with Gasteiger partial charge in [-0.15, -0.1) is 0 Å². The number of unbranched alkanes of at least 4 members (excludes halogenated alkanes) is 2. The fraction of sp³-hybridized carbons (Fsp3) is 0.467. The summed E-state index contributed by atoms with van der Waals surface area (Å²) in [5, 5.41) is 23.4. The number of phenols is 1. The smallest absolute Gasteiger partial charge is 0.326 e. The summed E-state index contributed by atoms with van der Waals surface area (Å²) in [4.78, 5) is 22.8. The van der Waals surface area contributed by atoms with Crippen molar-refractivity contribution in [1.29, 1.82) is 0 Å². The molecule has 0 aliphatic heterocycles. The van der Waals surface area contributed by atoms with Gasteiger partial charge in [0.05, 0.1) is 0 Å². The molecule has 0 spiro atoms. The van der Waals surface area contributed by atoms with Crippen LogP contribution in [0.2, 0.25) is 0 Å². The molecule has 0 saturated heterocycles. The van der Waals surface area contributed by atoms with Crippen molar-refractivity contribution in [2.75, 3.05) is 6.54 Å². The van der Waals surface area contributed by atoms with Crippen LogP contribution in [0, 0.1) is 0 Å². The zero-order valence-electron chi connectivity index (χ0n) is 12.1. The molecule has 4 N–H and O–H groups in total. The van der Waals surface area contributed by atoms with E-state index in [-0.39, 0.29) is 12.2 Å². The highest BCUT2D eigenvalue weighted by Crippen LogP contribution is 2.11. The molecule has 0 bridgehead atoms. The van der Waals surface area contributed by atoms with Crippen molar-refractivity contribution >= 4 is 12.0 Å². The van der Waals surface area contributed by atoms with Gasteiger partial charge in [-0.25, -0.2) is 9.59 Å². The lowest BCUT2D eigenvalue weighted by Gasteiger charge is -2.15. The molecule has 0 heterocycles. The summed E-state index contributed by atoms with van der Waals surface area (Å²) in [7, 11) is 0. The summed E-state index contributed by atoms with van der Waals surface area (Å²) in [5.41, 5.74) is 0.728. The fourth-order valence-corrected chi connectivity index (χ4v) is 1.85. The van der Waals surface area contributed by atoms with E-state index in [0.29, 0.717) is 6.54 Å². The van der Waals surface area contributed by atoms with Gasteiger partial charge >= 0.3 is 12.0 Å². The van der Waals surface area contributed by atoms with Gasteiger partial charge in [0.25, 0.3) is 0 Å². The monoisotopic (exact) mass is 294 g/mol. The van der Waals surface area contributed by atoms with E-state index in [1.807, 2.05) is 0 Å². The van der Waals surface area contributed by atoms with Gasteiger partial charge in [-0.1, -0.05) is 31.9 Å². The number of hydrogen-bond donors (Lipinski definition) is 4. The fourth-order valence-electron chi connectivity index (χ4n) is 1.85. The van der Waals surface area contributed by atoms with E-state index in [1.54, 1.807) is 12.1 Å². The number of carboxylic acids is 1. The Balaban J connectivity index is 2.48. The average molecular weight is 294 g/mol. The third-order valence-electron chi connectivity index (χ3n) is 3.05. The highest BCUT2D eigenvalue weighted by molar-refractivity contribution is 5.82. The number of hydrogen-bond acceptors (Lipinski definition) is 3. The van der Waals surface area contributed by atoms with Crippen LogP contribution in [0.3, 0.4) is 0 Å². The zero-order valence-corrected chi connectivity index (χ0v) is 12.1. The number of nitrogens with one attached hydrogen (secondary N) is 2.